The molecule has 0 aliphatic heterocycles. The average Bonchev–Trinajstić information content (AvgIpc) is 2.63. The second kappa shape index (κ2) is 28.8. The van der Waals surface area contributed by atoms with E-state index in [2.05, 4.69) is 27.7 Å². The Balaban J connectivity index is 0. The zero-order valence-electron chi connectivity index (χ0n) is 18.8. The highest BCUT2D eigenvalue weighted by Gasteiger charge is 1.91. The summed E-state index contributed by atoms with van der Waals surface area (Å²) in [6.45, 7) is 9.12. The molecule has 0 unspecified atom stereocenters. The molecule has 0 atom stereocenters. The molecule has 0 bridgehead atoms. The number of unbranched alkanes of at least 4 members (excludes halogenated alkanes) is 19. The minimum absolute atomic E-state index is 1.37. The first-order valence-corrected chi connectivity index (χ1v) is 12.3. The molecule has 0 aliphatic carbocycles. The Kier molecular flexibility index (Phi) is 31.3. The molecule has 0 amide bonds. The van der Waals surface area contributed by atoms with Gasteiger partial charge in [-0.2, -0.15) is 0 Å². The van der Waals surface area contributed by atoms with Crippen LogP contribution >= 0.6 is 0 Å². The Morgan fingerprint density at radius 3 is 0.440 bits per heavy atom. The third-order valence-corrected chi connectivity index (χ3v) is 5.16. The van der Waals surface area contributed by atoms with Gasteiger partial charge in [0.25, 0.3) is 0 Å². The Morgan fingerprint density at radius 2 is 0.320 bits per heavy atom. The van der Waals surface area contributed by atoms with Crippen LogP contribution < -0.4 is 0 Å². The van der Waals surface area contributed by atoms with Crippen LogP contribution in [0.15, 0.2) is 0 Å². The lowest BCUT2D eigenvalue weighted by atomic mass is 10.1. The van der Waals surface area contributed by atoms with Gasteiger partial charge in [-0.15, -0.1) is 0 Å². The predicted octanol–water partition coefficient (Wildman–Crippen LogP) is 10.2. The monoisotopic (exact) mass is 354 g/mol. The van der Waals surface area contributed by atoms with Crippen molar-refractivity contribution < 1.29 is 0 Å². The maximum Gasteiger partial charge on any atom is -0.0533 e. The Labute approximate surface area is 163 Å². The second-order valence-electron chi connectivity index (χ2n) is 8.01. The van der Waals surface area contributed by atoms with Gasteiger partial charge in [0.05, 0.1) is 0 Å². The largest absolute Gasteiger partial charge is 0.0654 e. The fourth-order valence-corrected chi connectivity index (χ4v) is 3.30. The van der Waals surface area contributed by atoms with Crippen LogP contribution in [0.3, 0.4) is 0 Å². The van der Waals surface area contributed by atoms with Crippen molar-refractivity contribution in [1.82, 2.24) is 0 Å². The highest BCUT2D eigenvalue weighted by molar-refractivity contribution is 4.47. The molecule has 0 saturated carbocycles. The quantitative estimate of drug-likeness (QED) is 0.202. The highest BCUT2D eigenvalue weighted by Crippen LogP contribution is 2.11. The summed E-state index contributed by atoms with van der Waals surface area (Å²) in [7, 11) is 0. The van der Waals surface area contributed by atoms with Crippen molar-refractivity contribution in [3.05, 3.63) is 0 Å². The SMILES string of the molecule is CCCCCCCCCCCC.CCCCCCCCCCCCC. The van der Waals surface area contributed by atoms with E-state index in [1.54, 1.807) is 0 Å². The van der Waals surface area contributed by atoms with Crippen molar-refractivity contribution in [3.8, 4) is 0 Å². The average molecular weight is 355 g/mol. The fourth-order valence-electron chi connectivity index (χ4n) is 3.30. The van der Waals surface area contributed by atoms with E-state index in [0.717, 1.165) is 0 Å². The normalized spacial score (nSPS) is 10.6. The van der Waals surface area contributed by atoms with Crippen LogP contribution in [0, 0.1) is 0 Å². The summed E-state index contributed by atoms with van der Waals surface area (Å²) in [4.78, 5) is 0. The van der Waals surface area contributed by atoms with E-state index in [9.17, 15) is 0 Å². The molecule has 0 saturated heterocycles. The van der Waals surface area contributed by atoms with Crippen LogP contribution in [0.4, 0.5) is 0 Å². The van der Waals surface area contributed by atoms with E-state index in [1.165, 1.54) is 135 Å². The maximum absolute atomic E-state index is 2.28. The lowest BCUT2D eigenvalue weighted by molar-refractivity contribution is 0.554. The van der Waals surface area contributed by atoms with Crippen LogP contribution in [0.25, 0.3) is 0 Å². The third kappa shape index (κ3) is 32.2. The summed E-state index contributed by atoms with van der Waals surface area (Å²) in [6, 6.07) is 0. The Morgan fingerprint density at radius 1 is 0.200 bits per heavy atom. The maximum atomic E-state index is 2.28. The van der Waals surface area contributed by atoms with Crippen molar-refractivity contribution in [2.75, 3.05) is 0 Å². The fraction of sp³-hybridized carbons (Fsp3) is 1.00. The Bertz CT molecular complexity index is 164. The second-order valence-corrected chi connectivity index (χ2v) is 8.01. The van der Waals surface area contributed by atoms with Gasteiger partial charge < -0.3 is 0 Å². The van der Waals surface area contributed by atoms with Gasteiger partial charge in [-0.3, -0.25) is 0 Å². The van der Waals surface area contributed by atoms with Gasteiger partial charge in [-0.1, -0.05) is 163 Å². The zero-order chi connectivity index (χ0) is 18.8. The molecule has 0 nitrogen and oxygen atoms in total. The standard InChI is InChI=1S/C13H28.C12H26/c1-3-5-7-9-11-13-12-10-8-6-4-2;1-3-5-7-9-11-12-10-8-6-4-2/h3-13H2,1-2H3;3-12H2,1-2H3. The lowest BCUT2D eigenvalue weighted by Gasteiger charge is -2.00. The van der Waals surface area contributed by atoms with Gasteiger partial charge in [0.2, 0.25) is 0 Å². The van der Waals surface area contributed by atoms with Gasteiger partial charge in [0.1, 0.15) is 0 Å². The molecule has 0 spiro atoms. The molecule has 154 valence electrons. The predicted molar refractivity (Wildman–Crippen MR) is 120 cm³/mol. The van der Waals surface area contributed by atoms with Gasteiger partial charge in [0, 0.05) is 0 Å². The lowest BCUT2D eigenvalue weighted by Crippen LogP contribution is -1.80. The van der Waals surface area contributed by atoms with E-state index in [4.69, 9.17) is 0 Å². The molecule has 0 aromatic rings. The summed E-state index contributed by atoms with van der Waals surface area (Å²) in [5.74, 6) is 0. The van der Waals surface area contributed by atoms with Crippen molar-refractivity contribution in [2.24, 2.45) is 0 Å². The van der Waals surface area contributed by atoms with Crippen molar-refractivity contribution >= 4 is 0 Å². The molecule has 0 rings (SSSR count). The number of hydrogen-bond donors (Lipinski definition) is 0. The van der Waals surface area contributed by atoms with E-state index in [-0.39, 0.29) is 0 Å². The van der Waals surface area contributed by atoms with E-state index >= 15 is 0 Å². The van der Waals surface area contributed by atoms with Crippen molar-refractivity contribution in [1.29, 1.82) is 0 Å². The molecule has 0 N–H and O–H groups in total. The molecule has 0 fully saturated rings. The van der Waals surface area contributed by atoms with Gasteiger partial charge in [-0.25, -0.2) is 0 Å². The van der Waals surface area contributed by atoms with Crippen LogP contribution in [-0.4, -0.2) is 0 Å². The van der Waals surface area contributed by atoms with E-state index in [1.807, 2.05) is 0 Å². The van der Waals surface area contributed by atoms with Crippen molar-refractivity contribution in [3.63, 3.8) is 0 Å². The Hall–Kier alpha value is 0. The van der Waals surface area contributed by atoms with Gasteiger partial charge >= 0.3 is 0 Å². The molecule has 0 radical (unpaired) electrons. The van der Waals surface area contributed by atoms with Gasteiger partial charge in [-0.05, 0) is 0 Å². The van der Waals surface area contributed by atoms with Crippen LogP contribution in [0.1, 0.15) is 163 Å². The smallest absolute Gasteiger partial charge is 0.0533 e. The molecular formula is C25H54. The first kappa shape index (κ1) is 27.2. The molecule has 0 aromatic heterocycles. The number of hydrogen-bond acceptors (Lipinski definition) is 0. The summed E-state index contributed by atoms with van der Waals surface area (Å²) in [6.07, 6.45) is 30.4. The number of rotatable bonds is 19. The molecule has 0 heterocycles. The zero-order valence-corrected chi connectivity index (χ0v) is 18.8. The first-order valence-electron chi connectivity index (χ1n) is 12.3. The van der Waals surface area contributed by atoms with Crippen molar-refractivity contribution in [2.45, 2.75) is 163 Å². The summed E-state index contributed by atoms with van der Waals surface area (Å²) in [5, 5.41) is 0. The van der Waals surface area contributed by atoms with E-state index in [0.29, 0.717) is 0 Å². The molecule has 25 heavy (non-hydrogen) atoms. The van der Waals surface area contributed by atoms with Crippen LogP contribution in [0.5, 0.6) is 0 Å². The minimum Gasteiger partial charge on any atom is -0.0654 e. The highest BCUT2D eigenvalue weighted by atomic mass is 14.0. The third-order valence-electron chi connectivity index (χ3n) is 5.16. The summed E-state index contributed by atoms with van der Waals surface area (Å²) in [5.41, 5.74) is 0. The topological polar surface area (TPSA) is 0 Å². The van der Waals surface area contributed by atoms with Gasteiger partial charge in [0.15, 0.2) is 0 Å². The summed E-state index contributed by atoms with van der Waals surface area (Å²) < 4.78 is 0. The molecular weight excluding hydrogens is 300 g/mol. The molecule has 0 aromatic carbocycles. The minimum atomic E-state index is 1.37. The van der Waals surface area contributed by atoms with E-state index < -0.39 is 0 Å². The molecule has 0 heteroatoms. The molecule has 0 aliphatic rings. The van der Waals surface area contributed by atoms with Crippen LogP contribution in [-0.2, 0) is 0 Å². The first-order chi connectivity index (χ1) is 12.3. The summed E-state index contributed by atoms with van der Waals surface area (Å²) >= 11 is 0. The van der Waals surface area contributed by atoms with Crippen LogP contribution in [0.2, 0.25) is 0 Å².